The van der Waals surface area contributed by atoms with Crippen LogP contribution >= 0.6 is 11.6 Å². The molecule has 0 bridgehead atoms. The SMILES string of the molecule is CCNC(Cc1ccccc1Cl)C(CC)OCC. The van der Waals surface area contributed by atoms with E-state index in [2.05, 4.69) is 25.2 Å². The number of halogens is 1. The van der Waals surface area contributed by atoms with Gasteiger partial charge in [-0.1, -0.05) is 43.6 Å². The summed E-state index contributed by atoms with van der Waals surface area (Å²) in [5.74, 6) is 0. The maximum Gasteiger partial charge on any atom is 0.0728 e. The van der Waals surface area contributed by atoms with Gasteiger partial charge in [-0.15, -0.1) is 0 Å². The Morgan fingerprint density at radius 1 is 1.22 bits per heavy atom. The number of hydrogen-bond acceptors (Lipinski definition) is 2. The smallest absolute Gasteiger partial charge is 0.0728 e. The molecule has 2 unspecified atom stereocenters. The van der Waals surface area contributed by atoms with Gasteiger partial charge in [0.05, 0.1) is 6.10 Å². The standard InChI is InChI=1S/C15H24ClNO/c1-4-15(18-6-3)14(17-5-2)11-12-9-7-8-10-13(12)16/h7-10,14-15,17H,4-6,11H2,1-3H3. The Kier molecular flexibility index (Phi) is 7.33. The number of nitrogens with one attached hydrogen (secondary N) is 1. The Morgan fingerprint density at radius 3 is 2.50 bits per heavy atom. The Balaban J connectivity index is 2.75. The summed E-state index contributed by atoms with van der Waals surface area (Å²) in [7, 11) is 0. The van der Waals surface area contributed by atoms with Crippen LogP contribution in [-0.2, 0) is 11.2 Å². The lowest BCUT2D eigenvalue weighted by molar-refractivity contribution is 0.0323. The van der Waals surface area contributed by atoms with Gasteiger partial charge in [0.2, 0.25) is 0 Å². The summed E-state index contributed by atoms with van der Waals surface area (Å²) in [6.45, 7) is 8.03. The predicted octanol–water partition coefficient (Wildman–Crippen LogP) is 3.68. The average molecular weight is 270 g/mol. The van der Waals surface area contributed by atoms with Crippen molar-refractivity contribution in [1.82, 2.24) is 5.32 Å². The molecular formula is C15H24ClNO. The Labute approximate surface area is 116 Å². The van der Waals surface area contributed by atoms with Crippen molar-refractivity contribution < 1.29 is 4.74 Å². The van der Waals surface area contributed by atoms with E-state index in [1.807, 2.05) is 25.1 Å². The second kappa shape index (κ2) is 8.52. The number of likely N-dealkylation sites (N-methyl/N-ethyl adjacent to an activating group) is 1. The molecule has 0 radical (unpaired) electrons. The molecule has 18 heavy (non-hydrogen) atoms. The summed E-state index contributed by atoms with van der Waals surface area (Å²) in [6, 6.07) is 8.35. The average Bonchev–Trinajstić information content (AvgIpc) is 2.38. The summed E-state index contributed by atoms with van der Waals surface area (Å²) in [5.41, 5.74) is 1.18. The Hall–Kier alpha value is -0.570. The third-order valence-electron chi connectivity index (χ3n) is 3.10. The van der Waals surface area contributed by atoms with Crippen LogP contribution in [0, 0.1) is 0 Å². The monoisotopic (exact) mass is 269 g/mol. The zero-order valence-corrected chi connectivity index (χ0v) is 12.3. The number of ether oxygens (including phenoxy) is 1. The van der Waals surface area contributed by atoms with Crippen LogP contribution in [0.3, 0.4) is 0 Å². The van der Waals surface area contributed by atoms with E-state index >= 15 is 0 Å². The van der Waals surface area contributed by atoms with Gasteiger partial charge in [-0.3, -0.25) is 0 Å². The predicted molar refractivity (Wildman–Crippen MR) is 78.3 cm³/mol. The first-order valence-corrected chi connectivity index (χ1v) is 7.19. The number of rotatable bonds is 8. The lowest BCUT2D eigenvalue weighted by atomic mass is 9.99. The molecule has 0 heterocycles. The van der Waals surface area contributed by atoms with Crippen molar-refractivity contribution in [2.45, 2.75) is 45.8 Å². The summed E-state index contributed by atoms with van der Waals surface area (Å²) >= 11 is 6.22. The summed E-state index contributed by atoms with van der Waals surface area (Å²) in [6.07, 6.45) is 2.16. The van der Waals surface area contributed by atoms with Crippen LogP contribution in [0.5, 0.6) is 0 Å². The zero-order chi connectivity index (χ0) is 13.4. The van der Waals surface area contributed by atoms with Gasteiger partial charge in [-0.25, -0.2) is 0 Å². The van der Waals surface area contributed by atoms with Crippen LogP contribution in [0.1, 0.15) is 32.8 Å². The van der Waals surface area contributed by atoms with Crippen molar-refractivity contribution in [2.75, 3.05) is 13.2 Å². The van der Waals surface area contributed by atoms with Gasteiger partial charge < -0.3 is 10.1 Å². The van der Waals surface area contributed by atoms with Crippen molar-refractivity contribution in [3.63, 3.8) is 0 Å². The minimum atomic E-state index is 0.242. The number of benzene rings is 1. The molecule has 0 fully saturated rings. The van der Waals surface area contributed by atoms with Gasteiger partial charge in [0.15, 0.2) is 0 Å². The Bertz CT molecular complexity index is 343. The molecule has 0 saturated carbocycles. The summed E-state index contributed by atoms with van der Waals surface area (Å²) < 4.78 is 5.81. The molecule has 3 heteroatoms. The van der Waals surface area contributed by atoms with E-state index in [1.54, 1.807) is 0 Å². The van der Waals surface area contributed by atoms with E-state index in [1.165, 1.54) is 5.56 Å². The van der Waals surface area contributed by atoms with Crippen LogP contribution in [0.4, 0.5) is 0 Å². The lowest BCUT2D eigenvalue weighted by Crippen LogP contribution is -2.42. The van der Waals surface area contributed by atoms with Crippen LogP contribution in [0.2, 0.25) is 5.02 Å². The van der Waals surface area contributed by atoms with Gasteiger partial charge in [0, 0.05) is 17.7 Å². The van der Waals surface area contributed by atoms with Crippen LogP contribution in [0.15, 0.2) is 24.3 Å². The quantitative estimate of drug-likeness (QED) is 0.777. The molecule has 1 N–H and O–H groups in total. The molecule has 2 nitrogen and oxygen atoms in total. The molecule has 1 aromatic rings. The highest BCUT2D eigenvalue weighted by molar-refractivity contribution is 6.31. The molecule has 1 aromatic carbocycles. The third-order valence-corrected chi connectivity index (χ3v) is 3.46. The van der Waals surface area contributed by atoms with Crippen LogP contribution in [-0.4, -0.2) is 25.3 Å². The number of hydrogen-bond donors (Lipinski definition) is 1. The summed E-state index contributed by atoms with van der Waals surface area (Å²) in [5, 5.41) is 4.35. The van der Waals surface area contributed by atoms with E-state index in [0.29, 0.717) is 6.04 Å². The first-order valence-electron chi connectivity index (χ1n) is 6.81. The van der Waals surface area contributed by atoms with E-state index in [0.717, 1.165) is 31.0 Å². The highest BCUT2D eigenvalue weighted by Crippen LogP contribution is 2.19. The molecule has 0 aliphatic heterocycles. The molecular weight excluding hydrogens is 246 g/mol. The van der Waals surface area contributed by atoms with Crippen molar-refractivity contribution in [3.05, 3.63) is 34.9 Å². The van der Waals surface area contributed by atoms with E-state index < -0.39 is 0 Å². The van der Waals surface area contributed by atoms with Crippen molar-refractivity contribution >= 4 is 11.6 Å². The van der Waals surface area contributed by atoms with Crippen LogP contribution in [0.25, 0.3) is 0 Å². The summed E-state index contributed by atoms with van der Waals surface area (Å²) in [4.78, 5) is 0. The van der Waals surface area contributed by atoms with Crippen molar-refractivity contribution in [1.29, 1.82) is 0 Å². The van der Waals surface area contributed by atoms with Crippen LogP contribution < -0.4 is 5.32 Å². The Morgan fingerprint density at radius 2 is 1.94 bits per heavy atom. The second-order valence-electron chi connectivity index (χ2n) is 4.36. The highest BCUT2D eigenvalue weighted by Gasteiger charge is 2.20. The van der Waals surface area contributed by atoms with Gasteiger partial charge in [-0.05, 0) is 37.9 Å². The molecule has 0 aliphatic carbocycles. The van der Waals surface area contributed by atoms with Gasteiger partial charge in [-0.2, -0.15) is 0 Å². The molecule has 0 amide bonds. The minimum absolute atomic E-state index is 0.242. The maximum atomic E-state index is 6.22. The minimum Gasteiger partial charge on any atom is -0.377 e. The highest BCUT2D eigenvalue weighted by atomic mass is 35.5. The van der Waals surface area contributed by atoms with Crippen molar-refractivity contribution in [3.8, 4) is 0 Å². The molecule has 0 aromatic heterocycles. The normalized spacial score (nSPS) is 14.4. The third kappa shape index (κ3) is 4.60. The maximum absolute atomic E-state index is 6.22. The molecule has 102 valence electrons. The molecule has 0 spiro atoms. The fraction of sp³-hybridized carbons (Fsp3) is 0.600. The molecule has 0 aliphatic rings. The fourth-order valence-corrected chi connectivity index (χ4v) is 2.44. The fourth-order valence-electron chi connectivity index (χ4n) is 2.23. The topological polar surface area (TPSA) is 21.3 Å². The largest absolute Gasteiger partial charge is 0.377 e. The molecule has 0 saturated heterocycles. The first kappa shape index (κ1) is 15.5. The van der Waals surface area contributed by atoms with Gasteiger partial charge >= 0.3 is 0 Å². The van der Waals surface area contributed by atoms with Gasteiger partial charge in [0.1, 0.15) is 0 Å². The first-order chi connectivity index (χ1) is 8.72. The molecule has 2 atom stereocenters. The van der Waals surface area contributed by atoms with E-state index in [9.17, 15) is 0 Å². The lowest BCUT2D eigenvalue weighted by Gasteiger charge is -2.27. The van der Waals surface area contributed by atoms with Gasteiger partial charge in [0.25, 0.3) is 0 Å². The molecule has 1 rings (SSSR count). The van der Waals surface area contributed by atoms with E-state index in [-0.39, 0.29) is 6.10 Å². The van der Waals surface area contributed by atoms with Crippen molar-refractivity contribution in [2.24, 2.45) is 0 Å². The second-order valence-corrected chi connectivity index (χ2v) is 4.77. The van der Waals surface area contributed by atoms with E-state index in [4.69, 9.17) is 16.3 Å². The zero-order valence-electron chi connectivity index (χ0n) is 11.6.